The van der Waals surface area contributed by atoms with E-state index in [2.05, 4.69) is 20.8 Å². The number of aliphatic hydroxyl groups excluding tert-OH is 1. The zero-order valence-electron chi connectivity index (χ0n) is 12.3. The van der Waals surface area contributed by atoms with Gasteiger partial charge in [-0.25, -0.2) is 0 Å². The van der Waals surface area contributed by atoms with Crippen LogP contribution in [0.3, 0.4) is 0 Å². The number of hydrogen-bond donors (Lipinski definition) is 2. The highest BCUT2D eigenvalue weighted by atomic mass is 79.9. The number of amides is 1. The van der Waals surface area contributed by atoms with E-state index in [-0.39, 0.29) is 12.5 Å². The van der Waals surface area contributed by atoms with Crippen LogP contribution in [0.25, 0.3) is 0 Å². The summed E-state index contributed by atoms with van der Waals surface area (Å²) in [5.41, 5.74) is 8.07. The Kier molecular flexibility index (Phi) is 5.61. The monoisotopic (exact) mass is 355 g/mol. The maximum absolute atomic E-state index is 12.7. The number of β-amino-alcohol motifs (C(OH)–C–C–N with tert-alkyl or cyclic N) is 1. The van der Waals surface area contributed by atoms with Gasteiger partial charge in [0.2, 0.25) is 0 Å². The van der Waals surface area contributed by atoms with Gasteiger partial charge in [0.1, 0.15) is 0 Å². The van der Waals surface area contributed by atoms with Gasteiger partial charge in [-0.3, -0.25) is 9.69 Å². The van der Waals surface area contributed by atoms with E-state index in [1.807, 2.05) is 24.0 Å². The fraction of sp³-hybridized carbons (Fsp3) is 0.533. The first-order valence-corrected chi connectivity index (χ1v) is 8.00. The number of halogens is 1. The molecule has 6 heteroatoms. The summed E-state index contributed by atoms with van der Waals surface area (Å²) in [6.45, 7) is 5.86. The molecular weight excluding hydrogens is 334 g/mol. The van der Waals surface area contributed by atoms with Gasteiger partial charge in [-0.15, -0.1) is 0 Å². The number of nitrogen functional groups attached to an aromatic ring is 1. The van der Waals surface area contributed by atoms with Gasteiger partial charge in [0, 0.05) is 41.9 Å². The molecule has 1 saturated heterocycles. The van der Waals surface area contributed by atoms with Gasteiger partial charge in [-0.1, -0.05) is 15.9 Å². The third kappa shape index (κ3) is 3.96. The second kappa shape index (κ2) is 7.24. The molecule has 0 radical (unpaired) electrons. The molecule has 0 aliphatic carbocycles. The predicted molar refractivity (Wildman–Crippen MR) is 87.3 cm³/mol. The van der Waals surface area contributed by atoms with E-state index in [0.717, 1.165) is 36.1 Å². The van der Waals surface area contributed by atoms with Gasteiger partial charge >= 0.3 is 0 Å². The highest BCUT2D eigenvalue weighted by molar-refractivity contribution is 9.10. The fourth-order valence-corrected chi connectivity index (χ4v) is 3.11. The smallest absolute Gasteiger partial charge is 0.254 e. The predicted octanol–water partition coefficient (Wildman–Crippen LogP) is 1.48. The highest BCUT2D eigenvalue weighted by Crippen LogP contribution is 2.24. The molecule has 1 amide bonds. The number of aliphatic hydroxyl groups is 1. The molecule has 0 saturated carbocycles. The van der Waals surface area contributed by atoms with Crippen LogP contribution in [0, 0.1) is 6.92 Å². The molecule has 0 unspecified atom stereocenters. The Balaban J connectivity index is 2.13. The summed E-state index contributed by atoms with van der Waals surface area (Å²) in [4.78, 5) is 16.8. The summed E-state index contributed by atoms with van der Waals surface area (Å²) in [6, 6.07) is 3.65. The lowest BCUT2D eigenvalue weighted by atomic mass is 10.1. The maximum Gasteiger partial charge on any atom is 0.254 e. The highest BCUT2D eigenvalue weighted by Gasteiger charge is 2.22. The second-order valence-corrected chi connectivity index (χ2v) is 6.29. The SMILES string of the molecule is Cc1c(N)cc(Br)cc1C(=O)N1CCCN(CCO)CC1. The van der Waals surface area contributed by atoms with Crippen molar-refractivity contribution in [3.05, 3.63) is 27.7 Å². The van der Waals surface area contributed by atoms with Crippen molar-refractivity contribution in [3.63, 3.8) is 0 Å². The summed E-state index contributed by atoms with van der Waals surface area (Å²) < 4.78 is 0.825. The molecule has 0 bridgehead atoms. The number of rotatable bonds is 3. The van der Waals surface area contributed by atoms with Gasteiger partial charge in [0.05, 0.1) is 6.61 Å². The average Bonchev–Trinajstić information content (AvgIpc) is 2.68. The zero-order valence-corrected chi connectivity index (χ0v) is 13.9. The number of benzene rings is 1. The Morgan fingerprint density at radius 2 is 2.10 bits per heavy atom. The lowest BCUT2D eigenvalue weighted by molar-refractivity contribution is 0.0760. The molecule has 1 aliphatic rings. The van der Waals surface area contributed by atoms with E-state index in [9.17, 15) is 4.79 Å². The maximum atomic E-state index is 12.7. The van der Waals surface area contributed by atoms with Gasteiger partial charge < -0.3 is 15.7 Å². The first kappa shape index (κ1) is 16.3. The van der Waals surface area contributed by atoms with Crippen molar-refractivity contribution >= 4 is 27.5 Å². The van der Waals surface area contributed by atoms with Gasteiger partial charge in [0.15, 0.2) is 0 Å². The Bertz CT molecular complexity index is 522. The summed E-state index contributed by atoms with van der Waals surface area (Å²) in [6.07, 6.45) is 0.925. The molecule has 116 valence electrons. The summed E-state index contributed by atoms with van der Waals surface area (Å²) in [7, 11) is 0. The van der Waals surface area contributed by atoms with Crippen LogP contribution in [0.2, 0.25) is 0 Å². The first-order valence-electron chi connectivity index (χ1n) is 7.21. The molecule has 21 heavy (non-hydrogen) atoms. The average molecular weight is 356 g/mol. The minimum absolute atomic E-state index is 0.0337. The summed E-state index contributed by atoms with van der Waals surface area (Å²) in [5, 5.41) is 9.02. The van der Waals surface area contributed by atoms with Gasteiger partial charge in [0.25, 0.3) is 5.91 Å². The standard InChI is InChI=1S/C15H22BrN3O2/c1-11-13(9-12(16)10-14(11)17)15(21)19-4-2-3-18(5-6-19)7-8-20/h9-10,20H,2-8,17H2,1H3. The minimum atomic E-state index is 0.0337. The number of nitrogens with two attached hydrogens (primary N) is 1. The van der Waals surface area contributed by atoms with Crippen molar-refractivity contribution in [2.24, 2.45) is 0 Å². The van der Waals surface area contributed by atoms with Crippen LogP contribution in [-0.2, 0) is 0 Å². The molecular formula is C15H22BrN3O2. The Hall–Kier alpha value is -1.11. The van der Waals surface area contributed by atoms with Crippen LogP contribution in [0.15, 0.2) is 16.6 Å². The molecule has 1 aliphatic heterocycles. The Morgan fingerprint density at radius 1 is 1.33 bits per heavy atom. The third-order valence-electron chi connectivity index (χ3n) is 3.94. The zero-order chi connectivity index (χ0) is 15.4. The molecule has 1 aromatic rings. The van der Waals surface area contributed by atoms with E-state index in [1.165, 1.54) is 0 Å². The van der Waals surface area contributed by atoms with Crippen molar-refractivity contribution in [1.82, 2.24) is 9.80 Å². The van der Waals surface area contributed by atoms with Gasteiger partial charge in [-0.05, 0) is 37.6 Å². The molecule has 0 aromatic heterocycles. The van der Waals surface area contributed by atoms with E-state index in [1.54, 1.807) is 0 Å². The van der Waals surface area contributed by atoms with Crippen molar-refractivity contribution in [2.45, 2.75) is 13.3 Å². The molecule has 0 spiro atoms. The molecule has 2 rings (SSSR count). The van der Waals surface area contributed by atoms with Crippen LogP contribution in [-0.4, -0.2) is 60.1 Å². The number of carbonyl (C=O) groups excluding carboxylic acids is 1. The van der Waals surface area contributed by atoms with E-state index >= 15 is 0 Å². The van der Waals surface area contributed by atoms with E-state index in [4.69, 9.17) is 10.8 Å². The first-order chi connectivity index (χ1) is 10.0. The molecule has 1 heterocycles. The van der Waals surface area contributed by atoms with Crippen molar-refractivity contribution in [1.29, 1.82) is 0 Å². The summed E-state index contributed by atoms with van der Waals surface area (Å²) >= 11 is 3.40. The van der Waals surface area contributed by atoms with E-state index < -0.39 is 0 Å². The number of carbonyl (C=O) groups is 1. The molecule has 1 fully saturated rings. The topological polar surface area (TPSA) is 69.8 Å². The lowest BCUT2D eigenvalue weighted by Gasteiger charge is -2.22. The lowest BCUT2D eigenvalue weighted by Crippen LogP contribution is -2.36. The van der Waals surface area contributed by atoms with Crippen molar-refractivity contribution in [3.8, 4) is 0 Å². The largest absolute Gasteiger partial charge is 0.398 e. The molecule has 5 nitrogen and oxygen atoms in total. The van der Waals surface area contributed by atoms with Gasteiger partial charge in [-0.2, -0.15) is 0 Å². The molecule has 1 aromatic carbocycles. The normalized spacial score (nSPS) is 16.8. The second-order valence-electron chi connectivity index (χ2n) is 5.38. The van der Waals surface area contributed by atoms with Crippen LogP contribution in [0.4, 0.5) is 5.69 Å². The van der Waals surface area contributed by atoms with Crippen LogP contribution < -0.4 is 5.73 Å². The Labute approximate surface area is 133 Å². The van der Waals surface area contributed by atoms with Crippen molar-refractivity contribution < 1.29 is 9.90 Å². The minimum Gasteiger partial charge on any atom is -0.398 e. The number of anilines is 1. The number of nitrogens with zero attached hydrogens (tertiary/aromatic N) is 2. The molecule has 3 N–H and O–H groups in total. The third-order valence-corrected chi connectivity index (χ3v) is 4.39. The van der Waals surface area contributed by atoms with Crippen LogP contribution in [0.1, 0.15) is 22.3 Å². The fourth-order valence-electron chi connectivity index (χ4n) is 2.63. The number of hydrogen-bond acceptors (Lipinski definition) is 4. The summed E-state index contributed by atoms with van der Waals surface area (Å²) in [5.74, 6) is 0.0337. The van der Waals surface area contributed by atoms with Crippen LogP contribution in [0.5, 0.6) is 0 Å². The van der Waals surface area contributed by atoms with Crippen LogP contribution >= 0.6 is 15.9 Å². The Morgan fingerprint density at radius 3 is 2.81 bits per heavy atom. The molecule has 0 atom stereocenters. The quantitative estimate of drug-likeness (QED) is 0.805. The van der Waals surface area contributed by atoms with E-state index in [0.29, 0.717) is 24.3 Å². The van der Waals surface area contributed by atoms with Crippen molar-refractivity contribution in [2.75, 3.05) is 45.1 Å².